The Bertz CT molecular complexity index is 828. The zero-order valence-corrected chi connectivity index (χ0v) is 14.9. The number of rotatable bonds is 4. The number of para-hydroxylation sites is 1. The smallest absolute Gasteiger partial charge is 0.258 e. The number of aromatic nitrogens is 2. The largest absolute Gasteiger partial charge is 0.304 e. The first-order valence-corrected chi connectivity index (χ1v) is 9.64. The van der Waals surface area contributed by atoms with Crippen LogP contribution in [0.5, 0.6) is 0 Å². The van der Waals surface area contributed by atoms with Gasteiger partial charge in [-0.15, -0.1) is 5.10 Å². The van der Waals surface area contributed by atoms with Crippen molar-refractivity contribution in [2.45, 2.75) is 4.34 Å². The van der Waals surface area contributed by atoms with Gasteiger partial charge in [-0.3, -0.25) is 9.59 Å². The average molecular weight is 383 g/mol. The van der Waals surface area contributed by atoms with Gasteiger partial charge in [0.05, 0.1) is 17.2 Å². The van der Waals surface area contributed by atoms with Gasteiger partial charge in [0.2, 0.25) is 5.91 Å². The molecule has 0 spiro atoms. The van der Waals surface area contributed by atoms with E-state index in [-0.39, 0.29) is 17.6 Å². The number of nitrogens with zero attached hydrogens (tertiary/aromatic N) is 3. The molecule has 23 heavy (non-hydrogen) atoms. The molecule has 0 aliphatic carbocycles. The highest BCUT2D eigenvalue weighted by atomic mass is 32.2. The van der Waals surface area contributed by atoms with Gasteiger partial charge in [-0.1, -0.05) is 53.1 Å². The van der Waals surface area contributed by atoms with Crippen molar-refractivity contribution in [1.29, 1.82) is 0 Å². The first-order valence-electron chi connectivity index (χ1n) is 6.44. The Morgan fingerprint density at radius 2 is 2.22 bits per heavy atom. The first-order chi connectivity index (χ1) is 11.1. The molecule has 2 aromatic rings. The van der Waals surface area contributed by atoms with Crippen molar-refractivity contribution in [2.75, 3.05) is 11.5 Å². The van der Waals surface area contributed by atoms with Crippen LogP contribution >= 0.6 is 47.1 Å². The minimum Gasteiger partial charge on any atom is -0.304 e. The molecule has 1 aliphatic heterocycles. The van der Waals surface area contributed by atoms with E-state index in [9.17, 15) is 9.59 Å². The zero-order valence-electron chi connectivity index (χ0n) is 11.6. The second-order valence-electron chi connectivity index (χ2n) is 4.32. The Labute approximate surface area is 149 Å². The van der Waals surface area contributed by atoms with Gasteiger partial charge < -0.3 is 5.32 Å². The topological polar surface area (TPSA) is 76.3 Å². The molecule has 6 nitrogen and oxygen atoms in total. The van der Waals surface area contributed by atoms with Crippen molar-refractivity contribution in [3.05, 3.63) is 34.3 Å². The Kier molecular flexibility index (Phi) is 5.26. The normalized spacial score (nSPS) is 15.8. The van der Waals surface area contributed by atoms with E-state index in [0.717, 1.165) is 5.69 Å². The van der Waals surface area contributed by atoms with Gasteiger partial charge in [0.15, 0.2) is 13.5 Å². The van der Waals surface area contributed by atoms with E-state index in [2.05, 4.69) is 15.4 Å². The van der Waals surface area contributed by atoms with Crippen molar-refractivity contribution in [2.24, 2.45) is 4.99 Å². The summed E-state index contributed by atoms with van der Waals surface area (Å²) in [7, 11) is 0. The van der Waals surface area contributed by atoms with Crippen LogP contribution in [0, 0.1) is 3.95 Å². The molecule has 3 rings (SSSR count). The minimum absolute atomic E-state index is 0.131. The zero-order chi connectivity index (χ0) is 16.2. The fourth-order valence-electron chi connectivity index (χ4n) is 1.71. The van der Waals surface area contributed by atoms with Crippen LogP contribution in [-0.4, -0.2) is 38.3 Å². The second kappa shape index (κ2) is 7.39. The van der Waals surface area contributed by atoms with Crippen LogP contribution in [0.3, 0.4) is 0 Å². The number of benzene rings is 1. The Morgan fingerprint density at radius 3 is 2.91 bits per heavy atom. The summed E-state index contributed by atoms with van der Waals surface area (Å²) in [5.41, 5.74) is 0.886. The minimum atomic E-state index is -0.313. The third-order valence-corrected chi connectivity index (χ3v) is 5.89. The maximum Gasteiger partial charge on any atom is 0.258 e. The van der Waals surface area contributed by atoms with E-state index in [0.29, 0.717) is 19.2 Å². The van der Waals surface area contributed by atoms with Crippen LogP contribution in [0.2, 0.25) is 0 Å². The summed E-state index contributed by atoms with van der Waals surface area (Å²) in [6.45, 7) is 0. The Hall–Kier alpha value is -1.49. The van der Waals surface area contributed by atoms with Crippen LogP contribution in [0.15, 0.2) is 39.7 Å². The Morgan fingerprint density at radius 1 is 1.43 bits per heavy atom. The average Bonchev–Trinajstić information content (AvgIpc) is 3.12. The fraction of sp³-hybridized carbons (Fsp3) is 0.154. The molecular weight excluding hydrogens is 372 g/mol. The number of aliphatic imine (C=N–C) groups is 1. The van der Waals surface area contributed by atoms with Gasteiger partial charge in [0.1, 0.15) is 0 Å². The van der Waals surface area contributed by atoms with E-state index < -0.39 is 0 Å². The molecule has 1 aliphatic rings. The van der Waals surface area contributed by atoms with Crippen molar-refractivity contribution in [3.63, 3.8) is 0 Å². The lowest BCUT2D eigenvalue weighted by molar-refractivity contribution is -0.116. The summed E-state index contributed by atoms with van der Waals surface area (Å²) >= 11 is 9.17. The lowest BCUT2D eigenvalue weighted by Crippen LogP contribution is -2.21. The molecule has 1 saturated heterocycles. The Balaban J connectivity index is 1.64. The molecule has 10 heteroatoms. The molecule has 1 aromatic carbocycles. The summed E-state index contributed by atoms with van der Waals surface area (Å²) in [6.07, 6.45) is 0. The standard InChI is InChI=1S/C13H10N4O2S4/c18-9-6-21-11(14-9)15-10(19)7-22-12-16-17(13(20)23-12)8-4-2-1-3-5-8/h1-5H,6-7H2,(H,14,15,18,19). The lowest BCUT2D eigenvalue weighted by Gasteiger charge is -1.98. The molecule has 0 saturated carbocycles. The van der Waals surface area contributed by atoms with Crippen molar-refractivity contribution in [3.8, 4) is 5.69 Å². The second-order valence-corrected chi connectivity index (χ2v) is 8.13. The molecule has 118 valence electrons. The van der Waals surface area contributed by atoms with E-state index in [4.69, 9.17) is 12.2 Å². The highest BCUT2D eigenvalue weighted by Crippen LogP contribution is 2.24. The summed E-state index contributed by atoms with van der Waals surface area (Å²) in [5.74, 6) is 0.0138. The van der Waals surface area contributed by atoms with Gasteiger partial charge in [-0.05, 0) is 24.4 Å². The number of carbonyl (C=O) groups is 2. The molecule has 0 atom stereocenters. The monoisotopic (exact) mass is 382 g/mol. The van der Waals surface area contributed by atoms with Gasteiger partial charge in [-0.2, -0.15) is 4.99 Å². The summed E-state index contributed by atoms with van der Waals surface area (Å²) < 4.78 is 3.00. The van der Waals surface area contributed by atoms with E-state index >= 15 is 0 Å². The molecule has 2 heterocycles. The van der Waals surface area contributed by atoms with Gasteiger partial charge in [0, 0.05) is 0 Å². The quantitative estimate of drug-likeness (QED) is 0.647. The van der Waals surface area contributed by atoms with Crippen LogP contribution in [0.25, 0.3) is 5.69 Å². The molecule has 1 aromatic heterocycles. The predicted molar refractivity (Wildman–Crippen MR) is 96.0 cm³/mol. The number of amides is 2. The molecule has 1 N–H and O–H groups in total. The van der Waals surface area contributed by atoms with Crippen LogP contribution in [0.1, 0.15) is 0 Å². The predicted octanol–water partition coefficient (Wildman–Crippen LogP) is 2.50. The van der Waals surface area contributed by atoms with Gasteiger partial charge in [0.25, 0.3) is 5.91 Å². The lowest BCUT2D eigenvalue weighted by atomic mass is 10.3. The SMILES string of the molecule is O=C(CSc1nn(-c2ccccc2)c(=S)s1)N=C1NC(=O)CS1. The van der Waals surface area contributed by atoms with Crippen molar-refractivity contribution in [1.82, 2.24) is 15.1 Å². The van der Waals surface area contributed by atoms with E-state index in [1.54, 1.807) is 4.68 Å². The number of hydrogen-bond donors (Lipinski definition) is 1. The third-order valence-electron chi connectivity index (χ3n) is 2.66. The molecular formula is C13H10N4O2S4. The number of thioether (sulfide) groups is 2. The summed E-state index contributed by atoms with van der Waals surface area (Å²) in [6, 6.07) is 9.59. The summed E-state index contributed by atoms with van der Waals surface area (Å²) in [4.78, 5) is 26.7. The highest BCUT2D eigenvalue weighted by Gasteiger charge is 2.18. The fourth-order valence-corrected chi connectivity index (χ4v) is 4.54. The van der Waals surface area contributed by atoms with Crippen molar-refractivity contribution >= 4 is 64.1 Å². The highest BCUT2D eigenvalue weighted by molar-refractivity contribution is 8.15. The molecule has 0 radical (unpaired) electrons. The van der Waals surface area contributed by atoms with Crippen LogP contribution in [-0.2, 0) is 9.59 Å². The maximum absolute atomic E-state index is 11.8. The molecule has 1 fully saturated rings. The number of nitrogens with one attached hydrogen (secondary N) is 1. The van der Waals surface area contributed by atoms with E-state index in [1.807, 2.05) is 30.3 Å². The van der Waals surface area contributed by atoms with Gasteiger partial charge in [-0.25, -0.2) is 4.68 Å². The molecule has 2 amide bonds. The number of hydrogen-bond acceptors (Lipinski definition) is 7. The van der Waals surface area contributed by atoms with Crippen LogP contribution in [0.4, 0.5) is 0 Å². The maximum atomic E-state index is 11.8. The summed E-state index contributed by atoms with van der Waals surface area (Å²) in [5, 5.41) is 7.31. The van der Waals surface area contributed by atoms with E-state index in [1.165, 1.54) is 34.9 Å². The molecule has 0 bridgehead atoms. The number of amidine groups is 1. The number of carbonyl (C=O) groups excluding carboxylic acids is 2. The molecule has 0 unspecified atom stereocenters. The van der Waals surface area contributed by atoms with Crippen LogP contribution < -0.4 is 5.32 Å². The van der Waals surface area contributed by atoms with Gasteiger partial charge >= 0.3 is 0 Å². The third kappa shape index (κ3) is 4.28. The van der Waals surface area contributed by atoms with Crippen molar-refractivity contribution < 1.29 is 9.59 Å². The first kappa shape index (κ1) is 16.4.